The van der Waals surface area contributed by atoms with Gasteiger partial charge in [0.25, 0.3) is 0 Å². The van der Waals surface area contributed by atoms with E-state index in [1.165, 1.54) is 11.8 Å². The van der Waals surface area contributed by atoms with E-state index in [2.05, 4.69) is 16.5 Å². The van der Waals surface area contributed by atoms with Gasteiger partial charge in [-0.1, -0.05) is 17.8 Å². The molecule has 2 aromatic heterocycles. The number of aromatic nitrogens is 3. The fourth-order valence-corrected chi connectivity index (χ4v) is 2.34. The molecule has 0 aliphatic heterocycles. The predicted octanol–water partition coefficient (Wildman–Crippen LogP) is 2.10. The lowest BCUT2D eigenvalue weighted by atomic mass is 10.3. The van der Waals surface area contributed by atoms with Crippen molar-refractivity contribution in [1.29, 1.82) is 0 Å². The molecule has 0 saturated heterocycles. The highest BCUT2D eigenvalue weighted by atomic mass is 32.2. The lowest BCUT2D eigenvalue weighted by Gasteiger charge is -2.04. The third-order valence-electron chi connectivity index (χ3n) is 2.33. The summed E-state index contributed by atoms with van der Waals surface area (Å²) in [6, 6.07) is 3.78. The largest absolute Gasteiger partial charge is 0.481 e. The molecule has 1 N–H and O–H groups in total. The van der Waals surface area contributed by atoms with Gasteiger partial charge >= 0.3 is 5.97 Å². The zero-order valence-electron chi connectivity index (χ0n) is 9.96. The van der Waals surface area contributed by atoms with E-state index in [0.717, 1.165) is 16.9 Å². The second-order valence-electron chi connectivity index (χ2n) is 3.77. The van der Waals surface area contributed by atoms with Crippen molar-refractivity contribution in [2.24, 2.45) is 0 Å². The maximum absolute atomic E-state index is 10.6. The van der Waals surface area contributed by atoms with E-state index in [4.69, 9.17) is 5.11 Å². The van der Waals surface area contributed by atoms with Crippen molar-refractivity contribution in [3.8, 4) is 0 Å². The summed E-state index contributed by atoms with van der Waals surface area (Å²) in [5.41, 5.74) is 2.45. The lowest BCUT2D eigenvalue weighted by molar-refractivity contribution is -0.133. The second kappa shape index (κ2) is 5.22. The van der Waals surface area contributed by atoms with Crippen LogP contribution in [0, 0.1) is 6.92 Å². The van der Waals surface area contributed by atoms with Crippen molar-refractivity contribution < 1.29 is 9.90 Å². The predicted molar refractivity (Wildman–Crippen MR) is 70.8 cm³/mol. The molecule has 0 aromatic carbocycles. The van der Waals surface area contributed by atoms with E-state index in [1.54, 1.807) is 6.08 Å². The average molecular weight is 263 g/mol. The summed E-state index contributed by atoms with van der Waals surface area (Å²) in [7, 11) is 0. The number of aliphatic carboxylic acids is 1. The summed E-state index contributed by atoms with van der Waals surface area (Å²) in [6.45, 7) is 6.18. The summed E-state index contributed by atoms with van der Waals surface area (Å²) in [5, 5.41) is 9.38. The van der Waals surface area contributed by atoms with Crippen molar-refractivity contribution >= 4 is 28.9 Å². The topological polar surface area (TPSA) is 68.0 Å². The van der Waals surface area contributed by atoms with E-state index >= 15 is 0 Å². The molecule has 0 aliphatic rings. The van der Waals surface area contributed by atoms with E-state index in [1.807, 2.05) is 23.6 Å². The molecule has 0 unspecified atom stereocenters. The average Bonchev–Trinajstić information content (AvgIpc) is 2.65. The minimum absolute atomic E-state index is 0.0144. The van der Waals surface area contributed by atoms with Crippen LogP contribution in [0.15, 0.2) is 29.9 Å². The molecule has 2 heterocycles. The van der Waals surface area contributed by atoms with Crippen LogP contribution in [0.4, 0.5) is 0 Å². The molecule has 2 aromatic rings. The normalized spacial score (nSPS) is 10.7. The summed E-state index contributed by atoms with van der Waals surface area (Å²) in [6.07, 6.45) is 1.75. The van der Waals surface area contributed by atoms with Gasteiger partial charge in [0.2, 0.25) is 0 Å². The number of pyridine rings is 1. The molecule has 94 valence electrons. The van der Waals surface area contributed by atoms with Gasteiger partial charge in [-0.2, -0.15) is 0 Å². The molecular formula is C12H13N3O2S. The first-order valence-electron chi connectivity index (χ1n) is 5.41. The number of allylic oxidation sites excluding steroid dienone is 1. The molecule has 0 bridgehead atoms. The van der Waals surface area contributed by atoms with Crippen LogP contribution in [0.1, 0.15) is 5.69 Å². The Labute approximate surface area is 109 Å². The van der Waals surface area contributed by atoms with Crippen LogP contribution in [0.2, 0.25) is 0 Å². The summed E-state index contributed by atoms with van der Waals surface area (Å²) < 4.78 is 1.88. The van der Waals surface area contributed by atoms with Gasteiger partial charge in [-0.3, -0.25) is 9.36 Å². The maximum Gasteiger partial charge on any atom is 0.313 e. The number of imidazole rings is 1. The lowest BCUT2D eigenvalue weighted by Crippen LogP contribution is -2.03. The minimum atomic E-state index is -0.860. The van der Waals surface area contributed by atoms with Crippen molar-refractivity contribution in [1.82, 2.24) is 14.5 Å². The molecule has 2 rings (SSSR count). The molecule has 0 fully saturated rings. The number of nitrogens with zero attached hydrogens (tertiary/aromatic N) is 3. The summed E-state index contributed by atoms with van der Waals surface area (Å²) in [5.74, 6) is -0.874. The number of aryl methyl sites for hydroxylation is 1. The van der Waals surface area contributed by atoms with Crippen molar-refractivity contribution in [3.05, 3.63) is 30.5 Å². The van der Waals surface area contributed by atoms with Crippen LogP contribution in [0.5, 0.6) is 0 Å². The quantitative estimate of drug-likeness (QED) is 0.661. The molecule has 0 atom stereocenters. The fraction of sp³-hybridized carbons (Fsp3) is 0.250. The first-order chi connectivity index (χ1) is 8.61. The molecule has 0 radical (unpaired) electrons. The summed E-state index contributed by atoms with van der Waals surface area (Å²) >= 11 is 1.19. The van der Waals surface area contributed by atoms with Gasteiger partial charge in [-0.05, 0) is 19.1 Å². The smallest absolute Gasteiger partial charge is 0.313 e. The number of fused-ring (bicyclic) bond motifs is 1. The number of hydrogen-bond acceptors (Lipinski definition) is 4. The molecule has 0 amide bonds. The molecular weight excluding hydrogens is 250 g/mol. The van der Waals surface area contributed by atoms with Crippen LogP contribution in [0.25, 0.3) is 11.2 Å². The molecule has 0 aliphatic carbocycles. The summed E-state index contributed by atoms with van der Waals surface area (Å²) in [4.78, 5) is 19.4. The highest BCUT2D eigenvalue weighted by Gasteiger charge is 2.12. The number of thioether (sulfide) groups is 1. The Hall–Kier alpha value is -1.82. The van der Waals surface area contributed by atoms with Crippen LogP contribution in [-0.4, -0.2) is 31.4 Å². The number of hydrogen-bond donors (Lipinski definition) is 1. The Morgan fingerprint density at radius 2 is 2.33 bits per heavy atom. The van der Waals surface area contributed by atoms with E-state index in [0.29, 0.717) is 11.7 Å². The Balaban J connectivity index is 2.47. The monoisotopic (exact) mass is 263 g/mol. The zero-order valence-corrected chi connectivity index (χ0v) is 10.8. The van der Waals surface area contributed by atoms with Gasteiger partial charge in [-0.15, -0.1) is 6.58 Å². The number of carbonyl (C=O) groups is 1. The molecule has 0 saturated carbocycles. The number of carboxylic acids is 1. The van der Waals surface area contributed by atoms with Gasteiger partial charge in [0, 0.05) is 12.2 Å². The first-order valence-corrected chi connectivity index (χ1v) is 6.39. The van der Waals surface area contributed by atoms with Gasteiger partial charge in [0.15, 0.2) is 10.8 Å². The van der Waals surface area contributed by atoms with Gasteiger partial charge in [0.05, 0.1) is 5.75 Å². The maximum atomic E-state index is 10.6. The molecule has 5 nitrogen and oxygen atoms in total. The first kappa shape index (κ1) is 12.6. The highest BCUT2D eigenvalue weighted by Crippen LogP contribution is 2.23. The van der Waals surface area contributed by atoms with E-state index in [-0.39, 0.29) is 5.75 Å². The van der Waals surface area contributed by atoms with Gasteiger partial charge < -0.3 is 5.11 Å². The van der Waals surface area contributed by atoms with Crippen molar-refractivity contribution in [2.45, 2.75) is 18.6 Å². The highest BCUT2D eigenvalue weighted by molar-refractivity contribution is 7.99. The second-order valence-corrected chi connectivity index (χ2v) is 4.71. The number of carboxylic acid groups (broad SMARTS) is 1. The van der Waals surface area contributed by atoms with E-state index < -0.39 is 5.97 Å². The fourth-order valence-electron chi connectivity index (χ4n) is 1.61. The van der Waals surface area contributed by atoms with Gasteiger partial charge in [-0.25, -0.2) is 9.97 Å². The molecule has 18 heavy (non-hydrogen) atoms. The van der Waals surface area contributed by atoms with Crippen LogP contribution >= 0.6 is 11.8 Å². The zero-order chi connectivity index (χ0) is 13.1. The number of rotatable bonds is 5. The molecule has 6 heteroatoms. The standard InChI is InChI=1S/C12H13N3O2S/c1-3-6-15-11-9(5-4-8(2)13-11)14-12(15)18-7-10(16)17/h3-5H,1,6-7H2,2H3,(H,16,17). The van der Waals surface area contributed by atoms with Crippen molar-refractivity contribution in [3.63, 3.8) is 0 Å². The van der Waals surface area contributed by atoms with E-state index in [9.17, 15) is 4.79 Å². The third-order valence-corrected chi connectivity index (χ3v) is 3.29. The Bertz CT molecular complexity index is 607. The minimum Gasteiger partial charge on any atom is -0.481 e. The molecule has 0 spiro atoms. The van der Waals surface area contributed by atoms with Crippen LogP contribution in [-0.2, 0) is 11.3 Å². The third kappa shape index (κ3) is 2.53. The Kier molecular flexibility index (Phi) is 3.66. The van der Waals surface area contributed by atoms with Crippen LogP contribution in [0.3, 0.4) is 0 Å². The van der Waals surface area contributed by atoms with Crippen molar-refractivity contribution in [2.75, 3.05) is 5.75 Å². The SMILES string of the molecule is C=CCn1c(SCC(=O)O)nc2ccc(C)nc21. The van der Waals surface area contributed by atoms with Crippen LogP contribution < -0.4 is 0 Å². The Morgan fingerprint density at radius 1 is 1.56 bits per heavy atom. The Morgan fingerprint density at radius 3 is 3.00 bits per heavy atom. The van der Waals surface area contributed by atoms with Gasteiger partial charge in [0.1, 0.15) is 5.52 Å².